The molecule has 0 amide bonds. The number of fused-ring (bicyclic) bond motifs is 4. The molecule has 8 heteroatoms. The summed E-state index contributed by atoms with van der Waals surface area (Å²) >= 11 is 5.78. The Kier molecular flexibility index (Phi) is 6.30. The van der Waals surface area contributed by atoms with Crippen LogP contribution in [0.25, 0.3) is 0 Å². The summed E-state index contributed by atoms with van der Waals surface area (Å²) in [5.74, 6) is 2.45. The number of alkyl halides is 1. The van der Waals surface area contributed by atoms with Crippen molar-refractivity contribution in [2.45, 2.75) is 44.2 Å². The minimum Gasteiger partial charge on any atom is -0.493 e. The standard InChI is InChI=1S/C21H31ClN2O4S/c1-27-19-7-6-15-8-11-23-14-16-5-3-10-24(29(25,26)12-4-9-22)17(16)13-18(23)20(15)21(19)28-2/h6-7,16-18H,3-5,8-14H2,1-2H3/t16-,17+,18-/m0/s1. The Balaban J connectivity index is 1.68. The second-order valence-corrected chi connectivity index (χ2v) is 10.7. The third-order valence-electron chi connectivity index (χ3n) is 6.81. The molecule has 0 unspecified atom stereocenters. The summed E-state index contributed by atoms with van der Waals surface area (Å²) in [5.41, 5.74) is 2.47. The van der Waals surface area contributed by atoms with Gasteiger partial charge in [-0.3, -0.25) is 4.90 Å². The molecule has 0 bridgehead atoms. The van der Waals surface area contributed by atoms with Crippen LogP contribution in [0.1, 0.15) is 42.9 Å². The number of piperidine rings is 2. The van der Waals surface area contributed by atoms with E-state index in [9.17, 15) is 8.42 Å². The summed E-state index contributed by atoms with van der Waals surface area (Å²) < 4.78 is 39.2. The largest absolute Gasteiger partial charge is 0.493 e. The number of rotatable bonds is 6. The van der Waals surface area contributed by atoms with Crippen LogP contribution in [-0.4, -0.2) is 69.2 Å². The monoisotopic (exact) mass is 442 g/mol. The first-order valence-electron chi connectivity index (χ1n) is 10.5. The fourth-order valence-electron chi connectivity index (χ4n) is 5.52. The average molecular weight is 443 g/mol. The Morgan fingerprint density at radius 2 is 2.03 bits per heavy atom. The number of nitrogens with zero attached hydrogens (tertiary/aromatic N) is 2. The van der Waals surface area contributed by atoms with Gasteiger partial charge in [-0.05, 0) is 49.7 Å². The lowest BCUT2D eigenvalue weighted by atomic mass is 9.77. The number of hydrogen-bond acceptors (Lipinski definition) is 5. The van der Waals surface area contributed by atoms with Crippen LogP contribution < -0.4 is 9.47 Å². The fourth-order valence-corrected chi connectivity index (χ4v) is 7.63. The third-order valence-corrected chi connectivity index (χ3v) is 9.05. The molecule has 4 rings (SSSR count). The molecule has 2 saturated heterocycles. The molecule has 0 spiro atoms. The lowest BCUT2D eigenvalue weighted by Gasteiger charge is -2.52. The highest BCUT2D eigenvalue weighted by Gasteiger charge is 2.46. The highest BCUT2D eigenvalue weighted by Crippen LogP contribution is 2.48. The van der Waals surface area contributed by atoms with Gasteiger partial charge in [0.1, 0.15) is 0 Å². The van der Waals surface area contributed by atoms with E-state index in [0.717, 1.165) is 50.3 Å². The number of benzene rings is 1. The number of hydrogen-bond donors (Lipinski definition) is 0. The fraction of sp³-hybridized carbons (Fsp3) is 0.714. The number of methoxy groups -OCH3 is 2. The van der Waals surface area contributed by atoms with E-state index in [1.165, 1.54) is 11.1 Å². The molecule has 0 aromatic heterocycles. The SMILES string of the molecule is COc1ccc2c(c1OC)[C@@H]1C[C@@H]3[C@@H](CCCN3S(=O)(=O)CCCCl)CN1CC2. The molecular formula is C21H31ClN2O4S. The number of sulfonamides is 1. The lowest BCUT2D eigenvalue weighted by Crippen LogP contribution is -2.57. The summed E-state index contributed by atoms with van der Waals surface area (Å²) in [6.07, 6.45) is 4.33. The first-order chi connectivity index (χ1) is 14.0. The maximum atomic E-state index is 13.0. The van der Waals surface area contributed by atoms with E-state index in [1.54, 1.807) is 18.5 Å². The molecule has 2 fully saturated rings. The van der Waals surface area contributed by atoms with Gasteiger partial charge >= 0.3 is 0 Å². The van der Waals surface area contributed by atoms with Crippen LogP contribution in [0.3, 0.4) is 0 Å². The minimum absolute atomic E-state index is 0.0483. The molecule has 3 atom stereocenters. The molecule has 1 aromatic rings. The summed E-state index contributed by atoms with van der Waals surface area (Å²) in [4.78, 5) is 2.53. The van der Waals surface area contributed by atoms with E-state index in [2.05, 4.69) is 11.0 Å². The molecule has 29 heavy (non-hydrogen) atoms. The maximum Gasteiger partial charge on any atom is 0.214 e. The Labute approximate surface area is 179 Å². The smallest absolute Gasteiger partial charge is 0.214 e. The quantitative estimate of drug-likeness (QED) is 0.634. The van der Waals surface area contributed by atoms with Gasteiger partial charge in [-0.15, -0.1) is 11.6 Å². The number of ether oxygens (including phenoxy) is 2. The predicted molar refractivity (Wildman–Crippen MR) is 115 cm³/mol. The van der Waals surface area contributed by atoms with Crippen molar-refractivity contribution in [2.75, 3.05) is 45.5 Å². The summed E-state index contributed by atoms with van der Waals surface area (Å²) in [5, 5.41) is 0. The second-order valence-electron chi connectivity index (χ2n) is 8.31. The van der Waals surface area contributed by atoms with Gasteiger partial charge in [0.25, 0.3) is 0 Å². The minimum atomic E-state index is -3.29. The van der Waals surface area contributed by atoms with Crippen molar-refractivity contribution in [1.82, 2.24) is 9.21 Å². The van der Waals surface area contributed by atoms with Crippen LogP contribution in [0.2, 0.25) is 0 Å². The highest BCUT2D eigenvalue weighted by molar-refractivity contribution is 7.89. The third kappa shape index (κ3) is 3.87. The lowest BCUT2D eigenvalue weighted by molar-refractivity contribution is 0.0209. The molecule has 0 aliphatic carbocycles. The highest BCUT2D eigenvalue weighted by atomic mass is 35.5. The molecule has 3 aliphatic heterocycles. The second kappa shape index (κ2) is 8.61. The maximum absolute atomic E-state index is 13.0. The van der Waals surface area contributed by atoms with Gasteiger partial charge in [-0.25, -0.2) is 8.42 Å². The zero-order chi connectivity index (χ0) is 20.6. The molecule has 3 heterocycles. The molecule has 3 aliphatic rings. The molecule has 0 radical (unpaired) electrons. The Morgan fingerprint density at radius 3 is 2.76 bits per heavy atom. The van der Waals surface area contributed by atoms with Crippen molar-refractivity contribution in [2.24, 2.45) is 5.92 Å². The molecule has 162 valence electrons. The van der Waals surface area contributed by atoms with Gasteiger partial charge in [-0.2, -0.15) is 4.31 Å². The first kappa shape index (κ1) is 21.2. The van der Waals surface area contributed by atoms with E-state index in [-0.39, 0.29) is 17.8 Å². The molecule has 6 nitrogen and oxygen atoms in total. The van der Waals surface area contributed by atoms with E-state index in [0.29, 0.717) is 24.8 Å². The van der Waals surface area contributed by atoms with Crippen LogP contribution in [0.4, 0.5) is 0 Å². The Morgan fingerprint density at radius 1 is 1.21 bits per heavy atom. The molecular weight excluding hydrogens is 412 g/mol. The van der Waals surface area contributed by atoms with Crippen molar-refractivity contribution in [1.29, 1.82) is 0 Å². The van der Waals surface area contributed by atoms with E-state index < -0.39 is 10.0 Å². The Hall–Kier alpha value is -1.02. The summed E-state index contributed by atoms with van der Waals surface area (Å²) in [7, 11) is 0.0624. The van der Waals surface area contributed by atoms with Gasteiger partial charge in [-0.1, -0.05) is 6.07 Å². The number of halogens is 1. The van der Waals surface area contributed by atoms with Crippen molar-refractivity contribution in [3.05, 3.63) is 23.3 Å². The normalized spacial score (nSPS) is 27.6. The first-order valence-corrected chi connectivity index (χ1v) is 12.7. The summed E-state index contributed by atoms with van der Waals surface area (Å²) in [6.45, 7) is 2.58. The van der Waals surface area contributed by atoms with E-state index in [4.69, 9.17) is 21.1 Å². The van der Waals surface area contributed by atoms with Crippen LogP contribution in [0.5, 0.6) is 11.5 Å². The Bertz CT molecular complexity index is 847. The van der Waals surface area contributed by atoms with Crippen LogP contribution in [-0.2, 0) is 16.4 Å². The zero-order valence-corrected chi connectivity index (χ0v) is 18.8. The van der Waals surface area contributed by atoms with Crippen molar-refractivity contribution >= 4 is 21.6 Å². The van der Waals surface area contributed by atoms with Gasteiger partial charge < -0.3 is 9.47 Å². The van der Waals surface area contributed by atoms with Crippen LogP contribution >= 0.6 is 11.6 Å². The van der Waals surface area contributed by atoms with Crippen LogP contribution in [0, 0.1) is 5.92 Å². The molecule has 0 N–H and O–H groups in total. The predicted octanol–water partition coefficient (Wildman–Crippen LogP) is 3.05. The molecule has 1 aromatic carbocycles. The van der Waals surface area contributed by atoms with Gasteiger partial charge in [0, 0.05) is 43.2 Å². The van der Waals surface area contributed by atoms with Crippen LogP contribution in [0.15, 0.2) is 12.1 Å². The van der Waals surface area contributed by atoms with Crippen molar-refractivity contribution < 1.29 is 17.9 Å². The van der Waals surface area contributed by atoms with E-state index >= 15 is 0 Å². The molecule has 0 saturated carbocycles. The van der Waals surface area contributed by atoms with Crippen molar-refractivity contribution in [3.8, 4) is 11.5 Å². The van der Waals surface area contributed by atoms with Gasteiger partial charge in [0.2, 0.25) is 10.0 Å². The van der Waals surface area contributed by atoms with Crippen molar-refractivity contribution in [3.63, 3.8) is 0 Å². The van der Waals surface area contributed by atoms with Gasteiger partial charge in [0.15, 0.2) is 11.5 Å². The van der Waals surface area contributed by atoms with E-state index in [1.807, 2.05) is 6.07 Å². The average Bonchev–Trinajstić information content (AvgIpc) is 2.74. The summed E-state index contributed by atoms with van der Waals surface area (Å²) in [6, 6.07) is 4.32. The topological polar surface area (TPSA) is 59.1 Å². The van der Waals surface area contributed by atoms with Gasteiger partial charge in [0.05, 0.1) is 20.0 Å². The zero-order valence-electron chi connectivity index (χ0n) is 17.3.